The van der Waals surface area contributed by atoms with Gasteiger partial charge in [-0.15, -0.1) is 5.10 Å². The minimum absolute atomic E-state index is 0.0834. The molecular formula is C11H18N6O. The van der Waals surface area contributed by atoms with Crippen molar-refractivity contribution < 1.29 is 5.11 Å². The number of nitrogens with one attached hydrogen (secondary N) is 1. The van der Waals surface area contributed by atoms with Crippen molar-refractivity contribution in [3.05, 3.63) is 30.4 Å². The van der Waals surface area contributed by atoms with Crippen molar-refractivity contribution in [3.8, 4) is 0 Å². The molecule has 0 aliphatic rings. The minimum atomic E-state index is 0.0834. The molecule has 2 rings (SSSR count). The summed E-state index contributed by atoms with van der Waals surface area (Å²) in [4.78, 5) is 0. The second-order valence-electron chi connectivity index (χ2n) is 4.00. The number of aromatic nitrogens is 5. The first kappa shape index (κ1) is 12.7. The van der Waals surface area contributed by atoms with Crippen LogP contribution >= 0.6 is 0 Å². The summed E-state index contributed by atoms with van der Waals surface area (Å²) >= 11 is 0. The molecule has 0 spiro atoms. The van der Waals surface area contributed by atoms with Crippen LogP contribution in [0.15, 0.2) is 24.7 Å². The van der Waals surface area contributed by atoms with Crippen LogP contribution in [-0.2, 0) is 19.6 Å². The zero-order valence-corrected chi connectivity index (χ0v) is 10.2. The first-order valence-corrected chi connectivity index (χ1v) is 6.06. The molecule has 2 aromatic rings. The lowest BCUT2D eigenvalue weighted by Gasteiger charge is -2.02. The first-order valence-electron chi connectivity index (χ1n) is 6.06. The second-order valence-corrected chi connectivity index (χ2v) is 4.00. The first-order chi connectivity index (χ1) is 8.88. The molecule has 0 aliphatic heterocycles. The van der Waals surface area contributed by atoms with Crippen molar-refractivity contribution in [1.82, 2.24) is 30.1 Å². The van der Waals surface area contributed by atoms with E-state index < -0.39 is 0 Å². The second kappa shape index (κ2) is 6.87. The maximum atomic E-state index is 8.75. The number of nitrogens with zero attached hydrogens (tertiary/aromatic N) is 5. The summed E-state index contributed by atoms with van der Waals surface area (Å²) in [7, 11) is 0. The minimum Gasteiger partial charge on any atom is -0.394 e. The smallest absolute Gasteiger partial charge is 0.0964 e. The molecule has 0 bridgehead atoms. The normalized spacial score (nSPS) is 10.9. The zero-order chi connectivity index (χ0) is 12.6. The molecule has 7 nitrogen and oxygen atoms in total. The third-order valence-electron chi connectivity index (χ3n) is 2.52. The van der Waals surface area contributed by atoms with Gasteiger partial charge in [0.05, 0.1) is 18.8 Å². The van der Waals surface area contributed by atoms with Gasteiger partial charge in [0.25, 0.3) is 0 Å². The maximum absolute atomic E-state index is 8.75. The van der Waals surface area contributed by atoms with Gasteiger partial charge in [-0.2, -0.15) is 5.10 Å². The highest BCUT2D eigenvalue weighted by atomic mass is 16.3. The predicted molar refractivity (Wildman–Crippen MR) is 65.7 cm³/mol. The number of aliphatic hydroxyl groups excluding tert-OH is 1. The van der Waals surface area contributed by atoms with Gasteiger partial charge in [0, 0.05) is 31.7 Å². The molecule has 0 aliphatic carbocycles. The van der Waals surface area contributed by atoms with E-state index in [9.17, 15) is 0 Å². The Hall–Kier alpha value is -1.73. The van der Waals surface area contributed by atoms with Crippen LogP contribution in [0, 0.1) is 0 Å². The molecule has 2 aromatic heterocycles. The Morgan fingerprint density at radius 2 is 2.22 bits per heavy atom. The average molecular weight is 250 g/mol. The van der Waals surface area contributed by atoms with Crippen LogP contribution in [-0.4, -0.2) is 43.0 Å². The summed E-state index contributed by atoms with van der Waals surface area (Å²) < 4.78 is 3.56. The van der Waals surface area contributed by atoms with Gasteiger partial charge in [-0.25, -0.2) is 4.68 Å². The molecule has 0 radical (unpaired) electrons. The third kappa shape index (κ3) is 3.94. The van der Waals surface area contributed by atoms with Gasteiger partial charge < -0.3 is 10.4 Å². The van der Waals surface area contributed by atoms with Gasteiger partial charge in [0.15, 0.2) is 0 Å². The Morgan fingerprint density at radius 1 is 1.28 bits per heavy atom. The Kier molecular flexibility index (Phi) is 4.86. The molecule has 0 saturated heterocycles. The van der Waals surface area contributed by atoms with E-state index in [1.54, 1.807) is 10.9 Å². The van der Waals surface area contributed by atoms with Gasteiger partial charge in [-0.3, -0.25) is 4.68 Å². The van der Waals surface area contributed by atoms with E-state index in [1.165, 1.54) is 0 Å². The molecule has 0 amide bonds. The quantitative estimate of drug-likeness (QED) is 0.626. The average Bonchev–Trinajstić information content (AvgIpc) is 3.01. The predicted octanol–water partition coefficient (Wildman–Crippen LogP) is -0.353. The van der Waals surface area contributed by atoms with Crippen molar-refractivity contribution >= 4 is 0 Å². The van der Waals surface area contributed by atoms with Crippen LogP contribution in [0.2, 0.25) is 0 Å². The van der Waals surface area contributed by atoms with Crippen molar-refractivity contribution in [3.63, 3.8) is 0 Å². The van der Waals surface area contributed by atoms with E-state index in [4.69, 9.17) is 5.11 Å². The van der Waals surface area contributed by atoms with Crippen molar-refractivity contribution in [1.29, 1.82) is 0 Å². The molecule has 0 saturated carbocycles. The number of aryl methyl sites for hydroxylation is 1. The standard InChI is InChI=1S/C11H18N6O/c18-8-7-17-10-11(14-15-17)9-12-3-1-5-16-6-2-4-13-16/h2,4,6,10,12,18H,1,3,5,7-9H2. The Morgan fingerprint density at radius 3 is 3.00 bits per heavy atom. The highest BCUT2D eigenvalue weighted by molar-refractivity contribution is 4.91. The summed E-state index contributed by atoms with van der Waals surface area (Å²) in [5.41, 5.74) is 0.891. The fraction of sp³-hybridized carbons (Fsp3) is 0.545. The van der Waals surface area contributed by atoms with Crippen LogP contribution in [0.3, 0.4) is 0 Å². The highest BCUT2D eigenvalue weighted by Gasteiger charge is 1.99. The van der Waals surface area contributed by atoms with Gasteiger partial charge in [-0.1, -0.05) is 5.21 Å². The lowest BCUT2D eigenvalue weighted by atomic mass is 10.4. The van der Waals surface area contributed by atoms with Gasteiger partial charge in [-0.05, 0) is 19.0 Å². The molecule has 98 valence electrons. The van der Waals surface area contributed by atoms with E-state index >= 15 is 0 Å². The molecule has 2 heterocycles. The molecule has 7 heteroatoms. The van der Waals surface area contributed by atoms with E-state index in [2.05, 4.69) is 20.7 Å². The van der Waals surface area contributed by atoms with E-state index in [-0.39, 0.29) is 6.61 Å². The van der Waals surface area contributed by atoms with Crippen LogP contribution in [0.5, 0.6) is 0 Å². The molecule has 0 atom stereocenters. The zero-order valence-electron chi connectivity index (χ0n) is 10.2. The Bertz CT molecular complexity index is 438. The molecule has 0 fully saturated rings. The van der Waals surface area contributed by atoms with Crippen LogP contribution in [0.1, 0.15) is 12.1 Å². The van der Waals surface area contributed by atoms with Gasteiger partial charge >= 0.3 is 0 Å². The number of aliphatic hydroxyl groups is 1. The summed E-state index contributed by atoms with van der Waals surface area (Å²) in [6, 6.07) is 1.92. The number of hydrogen-bond acceptors (Lipinski definition) is 5. The van der Waals surface area contributed by atoms with Crippen LogP contribution in [0.4, 0.5) is 0 Å². The Balaban J connectivity index is 1.59. The molecule has 2 N–H and O–H groups in total. The summed E-state index contributed by atoms with van der Waals surface area (Å²) in [6.07, 6.45) is 6.61. The van der Waals surface area contributed by atoms with Crippen molar-refractivity contribution in [2.24, 2.45) is 0 Å². The molecular weight excluding hydrogens is 232 g/mol. The molecule has 18 heavy (non-hydrogen) atoms. The number of hydrogen-bond donors (Lipinski definition) is 2. The van der Waals surface area contributed by atoms with Gasteiger partial charge in [0.1, 0.15) is 0 Å². The van der Waals surface area contributed by atoms with E-state index in [1.807, 2.05) is 23.1 Å². The largest absolute Gasteiger partial charge is 0.394 e. The van der Waals surface area contributed by atoms with E-state index in [0.29, 0.717) is 13.1 Å². The Labute approximate surface area is 105 Å². The monoisotopic (exact) mass is 250 g/mol. The molecule has 0 aromatic carbocycles. The SMILES string of the molecule is OCCn1cc(CNCCCn2cccn2)nn1. The lowest BCUT2D eigenvalue weighted by molar-refractivity contribution is 0.268. The van der Waals surface area contributed by atoms with Crippen LogP contribution < -0.4 is 5.32 Å². The van der Waals surface area contributed by atoms with Crippen LogP contribution in [0.25, 0.3) is 0 Å². The lowest BCUT2D eigenvalue weighted by Crippen LogP contribution is -2.16. The fourth-order valence-electron chi connectivity index (χ4n) is 1.65. The summed E-state index contributed by atoms with van der Waals surface area (Å²) in [5, 5.41) is 24.1. The third-order valence-corrected chi connectivity index (χ3v) is 2.52. The van der Waals surface area contributed by atoms with Gasteiger partial charge in [0.2, 0.25) is 0 Å². The highest BCUT2D eigenvalue weighted by Crippen LogP contribution is 1.93. The molecule has 0 unspecified atom stereocenters. The van der Waals surface area contributed by atoms with E-state index in [0.717, 1.165) is 25.2 Å². The maximum Gasteiger partial charge on any atom is 0.0964 e. The summed E-state index contributed by atoms with van der Waals surface area (Å²) in [5.74, 6) is 0. The fourth-order valence-corrected chi connectivity index (χ4v) is 1.65. The summed E-state index contributed by atoms with van der Waals surface area (Å²) in [6.45, 7) is 3.10. The number of rotatable bonds is 8. The van der Waals surface area contributed by atoms with Crippen molar-refractivity contribution in [2.45, 2.75) is 26.1 Å². The van der Waals surface area contributed by atoms with Crippen molar-refractivity contribution in [2.75, 3.05) is 13.2 Å². The topological polar surface area (TPSA) is 80.8 Å².